The first-order valence-electron chi connectivity index (χ1n) is 6.00. The zero-order chi connectivity index (χ0) is 12.1. The van der Waals surface area contributed by atoms with E-state index in [1.54, 1.807) is 0 Å². The average Bonchev–Trinajstić information content (AvgIpc) is 2.35. The Balaban J connectivity index is 1.86. The molecular formula is C13H19ClN2O. The van der Waals surface area contributed by atoms with Crippen molar-refractivity contribution in [3.63, 3.8) is 0 Å². The van der Waals surface area contributed by atoms with E-state index in [1.165, 1.54) is 5.56 Å². The quantitative estimate of drug-likeness (QED) is 0.819. The van der Waals surface area contributed by atoms with E-state index in [0.29, 0.717) is 6.61 Å². The molecule has 0 aliphatic carbocycles. The van der Waals surface area contributed by atoms with E-state index in [-0.39, 0.29) is 0 Å². The van der Waals surface area contributed by atoms with E-state index in [1.807, 2.05) is 0 Å². The van der Waals surface area contributed by atoms with Crippen molar-refractivity contribution in [1.29, 1.82) is 0 Å². The minimum atomic E-state index is 0.469. The molecule has 1 heterocycles. The lowest BCUT2D eigenvalue weighted by molar-refractivity contribution is 0.148. The number of rotatable bonds is 4. The predicted molar refractivity (Wildman–Crippen MR) is 69.9 cm³/mol. The van der Waals surface area contributed by atoms with Crippen molar-refractivity contribution in [3.05, 3.63) is 35.4 Å². The molecule has 1 aliphatic heterocycles. The van der Waals surface area contributed by atoms with Crippen LogP contribution in [0.25, 0.3) is 0 Å². The summed E-state index contributed by atoms with van der Waals surface area (Å²) in [7, 11) is 2.18. The predicted octanol–water partition coefficient (Wildman–Crippen LogP) is 2.10. The van der Waals surface area contributed by atoms with Gasteiger partial charge in [0.2, 0.25) is 0 Å². The van der Waals surface area contributed by atoms with Gasteiger partial charge in [-0.2, -0.15) is 0 Å². The van der Waals surface area contributed by atoms with Gasteiger partial charge >= 0.3 is 0 Å². The van der Waals surface area contributed by atoms with Crippen molar-refractivity contribution in [1.82, 2.24) is 9.80 Å². The first-order chi connectivity index (χ1) is 8.28. The van der Waals surface area contributed by atoms with Crippen LogP contribution in [0.15, 0.2) is 24.3 Å². The van der Waals surface area contributed by atoms with Crippen LogP contribution in [0, 0.1) is 0 Å². The maximum absolute atomic E-state index is 5.23. The lowest BCUT2D eigenvalue weighted by atomic mass is 10.1. The summed E-state index contributed by atoms with van der Waals surface area (Å²) < 4.78 is 4.59. The van der Waals surface area contributed by atoms with Gasteiger partial charge in [0, 0.05) is 32.7 Å². The molecule has 0 amide bonds. The molecule has 0 aromatic heterocycles. The fraction of sp³-hybridized carbons (Fsp3) is 0.538. The fourth-order valence-electron chi connectivity index (χ4n) is 2.07. The number of piperazine rings is 1. The van der Waals surface area contributed by atoms with Crippen LogP contribution in [0.5, 0.6) is 0 Å². The number of nitrogens with zero attached hydrogens (tertiary/aromatic N) is 2. The van der Waals surface area contributed by atoms with Gasteiger partial charge in [0.05, 0.1) is 18.5 Å². The molecule has 3 nitrogen and oxygen atoms in total. The summed E-state index contributed by atoms with van der Waals surface area (Å²) in [6.07, 6.45) is 0. The second-order valence-corrected chi connectivity index (χ2v) is 4.87. The molecule has 0 unspecified atom stereocenters. The highest BCUT2D eigenvalue weighted by molar-refractivity contribution is 6.07. The van der Waals surface area contributed by atoms with Gasteiger partial charge in [-0.3, -0.25) is 9.19 Å². The monoisotopic (exact) mass is 254 g/mol. The van der Waals surface area contributed by atoms with Gasteiger partial charge < -0.3 is 4.90 Å². The molecule has 17 heavy (non-hydrogen) atoms. The van der Waals surface area contributed by atoms with Crippen molar-refractivity contribution in [3.8, 4) is 0 Å². The molecule has 1 aliphatic rings. The summed E-state index contributed by atoms with van der Waals surface area (Å²) in [4.78, 5) is 4.87. The molecule has 0 N–H and O–H groups in total. The van der Waals surface area contributed by atoms with Crippen molar-refractivity contribution in [2.24, 2.45) is 0 Å². The molecule has 1 saturated heterocycles. The smallest absolute Gasteiger partial charge is 0.0933 e. The topological polar surface area (TPSA) is 15.7 Å². The van der Waals surface area contributed by atoms with E-state index in [0.717, 1.165) is 38.3 Å². The van der Waals surface area contributed by atoms with E-state index in [2.05, 4.69) is 45.4 Å². The number of halogens is 1. The SMILES string of the molecule is CN1CCN(Cc2ccc(COCl)cc2)CC1. The van der Waals surface area contributed by atoms with Gasteiger partial charge in [0.25, 0.3) is 0 Å². The molecular weight excluding hydrogens is 236 g/mol. The first kappa shape index (κ1) is 12.8. The van der Waals surface area contributed by atoms with Crippen LogP contribution in [-0.2, 0) is 17.4 Å². The van der Waals surface area contributed by atoms with E-state index >= 15 is 0 Å². The van der Waals surface area contributed by atoms with Crippen LogP contribution in [0.2, 0.25) is 0 Å². The molecule has 0 bridgehead atoms. The van der Waals surface area contributed by atoms with Crippen LogP contribution in [0.1, 0.15) is 11.1 Å². The van der Waals surface area contributed by atoms with Crippen LogP contribution in [-0.4, -0.2) is 43.0 Å². The molecule has 0 atom stereocenters. The minimum absolute atomic E-state index is 0.469. The van der Waals surface area contributed by atoms with Crippen molar-refractivity contribution < 1.29 is 4.29 Å². The largest absolute Gasteiger partial charge is 0.304 e. The Hall–Kier alpha value is -0.610. The summed E-state index contributed by atoms with van der Waals surface area (Å²) in [5.74, 6) is 0. The molecule has 0 radical (unpaired) electrons. The number of hydrogen-bond donors (Lipinski definition) is 0. The van der Waals surface area contributed by atoms with Crippen molar-refractivity contribution in [2.75, 3.05) is 33.2 Å². The van der Waals surface area contributed by atoms with Gasteiger partial charge in [-0.1, -0.05) is 24.3 Å². The lowest BCUT2D eigenvalue weighted by Crippen LogP contribution is -2.43. The standard InChI is InChI=1S/C13H19ClN2O/c1-15-6-8-16(9-7-15)10-12-2-4-13(5-3-12)11-17-14/h2-5H,6-11H2,1H3. The van der Waals surface area contributed by atoms with Gasteiger partial charge in [0.15, 0.2) is 0 Å². The zero-order valence-corrected chi connectivity index (χ0v) is 11.0. The Kier molecular flexibility index (Phi) is 4.80. The molecule has 4 heteroatoms. The van der Waals surface area contributed by atoms with Crippen LogP contribution in [0.3, 0.4) is 0 Å². The fourth-order valence-corrected chi connectivity index (χ4v) is 2.19. The second kappa shape index (κ2) is 6.36. The summed E-state index contributed by atoms with van der Waals surface area (Å²) in [6.45, 7) is 6.15. The van der Waals surface area contributed by atoms with Crippen LogP contribution >= 0.6 is 11.9 Å². The Morgan fingerprint density at radius 2 is 1.65 bits per heavy atom. The van der Waals surface area contributed by atoms with Crippen LogP contribution in [0.4, 0.5) is 0 Å². The summed E-state index contributed by atoms with van der Waals surface area (Å²) >= 11 is 5.23. The third-order valence-corrected chi connectivity index (χ3v) is 3.36. The van der Waals surface area contributed by atoms with E-state index < -0.39 is 0 Å². The lowest BCUT2D eigenvalue weighted by Gasteiger charge is -2.32. The van der Waals surface area contributed by atoms with E-state index in [4.69, 9.17) is 11.9 Å². The summed E-state index contributed by atoms with van der Waals surface area (Å²) in [6, 6.07) is 8.47. The molecule has 94 valence electrons. The van der Waals surface area contributed by atoms with Crippen molar-refractivity contribution in [2.45, 2.75) is 13.2 Å². The zero-order valence-electron chi connectivity index (χ0n) is 10.2. The number of likely N-dealkylation sites (N-methyl/N-ethyl adjacent to an activating group) is 1. The number of benzene rings is 1. The molecule has 0 saturated carbocycles. The summed E-state index contributed by atoms with van der Waals surface area (Å²) in [5.41, 5.74) is 2.47. The maximum atomic E-state index is 5.23. The average molecular weight is 255 g/mol. The molecule has 1 aromatic rings. The highest BCUT2D eigenvalue weighted by atomic mass is 35.5. The van der Waals surface area contributed by atoms with Gasteiger partial charge in [-0.25, -0.2) is 0 Å². The number of hydrogen-bond acceptors (Lipinski definition) is 3. The third kappa shape index (κ3) is 3.96. The Morgan fingerprint density at radius 3 is 2.24 bits per heavy atom. The van der Waals surface area contributed by atoms with E-state index in [9.17, 15) is 0 Å². The molecule has 2 rings (SSSR count). The minimum Gasteiger partial charge on any atom is -0.304 e. The first-order valence-corrected chi connectivity index (χ1v) is 6.31. The highest BCUT2D eigenvalue weighted by Gasteiger charge is 2.13. The van der Waals surface area contributed by atoms with Gasteiger partial charge in [0.1, 0.15) is 0 Å². The second-order valence-electron chi connectivity index (χ2n) is 4.65. The normalized spacial score (nSPS) is 18.5. The third-order valence-electron chi connectivity index (χ3n) is 3.25. The summed E-state index contributed by atoms with van der Waals surface area (Å²) in [5, 5.41) is 0. The van der Waals surface area contributed by atoms with Gasteiger partial charge in [-0.05, 0) is 18.2 Å². The van der Waals surface area contributed by atoms with Crippen molar-refractivity contribution >= 4 is 11.9 Å². The highest BCUT2D eigenvalue weighted by Crippen LogP contribution is 2.10. The Morgan fingerprint density at radius 1 is 1.06 bits per heavy atom. The maximum Gasteiger partial charge on any atom is 0.0933 e. The molecule has 1 fully saturated rings. The van der Waals surface area contributed by atoms with Gasteiger partial charge in [-0.15, -0.1) is 0 Å². The molecule has 0 spiro atoms. The van der Waals surface area contributed by atoms with Crippen LogP contribution < -0.4 is 0 Å². The Bertz CT molecular complexity index is 334. The molecule has 1 aromatic carbocycles. The Labute approximate surface area is 108 Å².